The first kappa shape index (κ1) is 23.6. The van der Waals surface area contributed by atoms with Crippen molar-refractivity contribution >= 4 is 51.1 Å². The lowest BCUT2D eigenvalue weighted by atomic mass is 10.1. The molecule has 166 valence electrons. The van der Waals surface area contributed by atoms with Gasteiger partial charge in [0.15, 0.2) is 6.61 Å². The summed E-state index contributed by atoms with van der Waals surface area (Å²) in [4.78, 5) is 24.5. The first-order valence-electron chi connectivity index (χ1n) is 9.52. The summed E-state index contributed by atoms with van der Waals surface area (Å²) in [5, 5.41) is 2.57. The molecule has 0 atom stereocenters. The van der Waals surface area contributed by atoms with Gasteiger partial charge in [0, 0.05) is 31.3 Å². The number of thioether (sulfide) groups is 2. The highest BCUT2D eigenvalue weighted by Crippen LogP contribution is 2.45. The van der Waals surface area contributed by atoms with Gasteiger partial charge in [-0.1, -0.05) is 18.2 Å². The van der Waals surface area contributed by atoms with Crippen LogP contribution in [0.15, 0.2) is 47.4 Å². The molecule has 1 heterocycles. The number of nitrogens with zero attached hydrogens (tertiary/aromatic N) is 1. The van der Waals surface area contributed by atoms with Crippen molar-refractivity contribution in [3.63, 3.8) is 0 Å². The van der Waals surface area contributed by atoms with E-state index in [1.807, 2.05) is 35.7 Å². The summed E-state index contributed by atoms with van der Waals surface area (Å²) >= 11 is 3.77. The topological polar surface area (TPSA) is 92.8 Å². The van der Waals surface area contributed by atoms with Crippen LogP contribution in [0.2, 0.25) is 0 Å². The molecular weight excluding hydrogens is 456 g/mol. The van der Waals surface area contributed by atoms with Gasteiger partial charge in [0.2, 0.25) is 10.0 Å². The van der Waals surface area contributed by atoms with Gasteiger partial charge in [-0.3, -0.25) is 4.79 Å². The highest BCUT2D eigenvalue weighted by Gasteiger charge is 2.21. The number of esters is 1. The molecule has 1 amide bonds. The Morgan fingerprint density at radius 1 is 1.10 bits per heavy atom. The maximum atomic E-state index is 12.4. The van der Waals surface area contributed by atoms with Crippen molar-refractivity contribution in [3.05, 3.63) is 59.2 Å². The minimum Gasteiger partial charge on any atom is -0.452 e. The van der Waals surface area contributed by atoms with Crippen molar-refractivity contribution in [2.45, 2.75) is 16.4 Å². The van der Waals surface area contributed by atoms with E-state index < -0.39 is 28.5 Å². The Hall–Kier alpha value is -2.01. The van der Waals surface area contributed by atoms with Gasteiger partial charge in [-0.15, -0.1) is 23.5 Å². The van der Waals surface area contributed by atoms with E-state index in [4.69, 9.17) is 4.74 Å². The van der Waals surface area contributed by atoms with E-state index in [1.54, 1.807) is 31.2 Å². The minimum atomic E-state index is -3.64. The van der Waals surface area contributed by atoms with E-state index in [0.717, 1.165) is 21.4 Å². The number of carbonyl (C=O) groups excluding carboxylic acids is 2. The van der Waals surface area contributed by atoms with Gasteiger partial charge in [-0.2, -0.15) is 0 Å². The van der Waals surface area contributed by atoms with Crippen LogP contribution in [0, 0.1) is 6.92 Å². The number of carbonyl (C=O) groups is 2. The molecule has 1 N–H and O–H groups in total. The SMILES string of the molecule is Cc1ccc(NC(=O)COC(=O)c2ccc(C3SCCS3)cc2)cc1S(=O)(=O)N(C)C. The van der Waals surface area contributed by atoms with Crippen molar-refractivity contribution in [2.75, 3.05) is 37.5 Å². The molecule has 1 saturated heterocycles. The Morgan fingerprint density at radius 3 is 2.35 bits per heavy atom. The lowest BCUT2D eigenvalue weighted by Gasteiger charge is -2.15. The van der Waals surface area contributed by atoms with Crippen molar-refractivity contribution in [2.24, 2.45) is 0 Å². The molecule has 0 radical (unpaired) electrons. The second-order valence-corrected chi connectivity index (χ2v) is 11.9. The van der Waals surface area contributed by atoms with Gasteiger partial charge < -0.3 is 10.1 Å². The number of nitrogens with one attached hydrogen (secondary N) is 1. The maximum Gasteiger partial charge on any atom is 0.338 e. The van der Waals surface area contributed by atoms with Crippen LogP contribution >= 0.6 is 23.5 Å². The van der Waals surface area contributed by atoms with Crippen LogP contribution in [0.3, 0.4) is 0 Å². The second-order valence-electron chi connectivity index (χ2n) is 7.09. The summed E-state index contributed by atoms with van der Waals surface area (Å²) in [5.41, 5.74) is 2.41. The summed E-state index contributed by atoms with van der Waals surface area (Å²) in [6.45, 7) is 1.21. The fourth-order valence-corrected chi connectivity index (χ4v) is 6.89. The molecule has 0 unspecified atom stereocenters. The van der Waals surface area contributed by atoms with E-state index in [9.17, 15) is 18.0 Å². The van der Waals surface area contributed by atoms with E-state index in [0.29, 0.717) is 21.4 Å². The van der Waals surface area contributed by atoms with Gasteiger partial charge in [-0.05, 0) is 42.3 Å². The Labute approximate surface area is 191 Å². The predicted molar refractivity (Wildman–Crippen MR) is 125 cm³/mol. The number of rotatable bonds is 7. The molecule has 2 aromatic carbocycles. The molecule has 1 aliphatic heterocycles. The van der Waals surface area contributed by atoms with E-state index in [1.165, 1.54) is 20.2 Å². The van der Waals surface area contributed by atoms with E-state index in [2.05, 4.69) is 5.32 Å². The van der Waals surface area contributed by atoms with Crippen molar-refractivity contribution < 1.29 is 22.7 Å². The zero-order valence-corrected chi connectivity index (χ0v) is 19.9. The lowest BCUT2D eigenvalue weighted by molar-refractivity contribution is -0.119. The smallest absolute Gasteiger partial charge is 0.338 e. The average Bonchev–Trinajstić information content (AvgIpc) is 3.28. The molecule has 0 bridgehead atoms. The van der Waals surface area contributed by atoms with Crippen LogP contribution in [-0.2, 0) is 19.6 Å². The summed E-state index contributed by atoms with van der Waals surface area (Å²) in [7, 11) is -0.760. The van der Waals surface area contributed by atoms with Crippen LogP contribution in [0.1, 0.15) is 26.1 Å². The highest BCUT2D eigenvalue weighted by atomic mass is 32.2. The number of benzene rings is 2. The fraction of sp³-hybridized carbons (Fsp3) is 0.333. The third-order valence-electron chi connectivity index (χ3n) is 4.61. The van der Waals surface area contributed by atoms with Crippen LogP contribution < -0.4 is 5.32 Å². The van der Waals surface area contributed by atoms with Crippen LogP contribution in [-0.4, -0.2) is 56.8 Å². The van der Waals surface area contributed by atoms with Crippen LogP contribution in [0.25, 0.3) is 0 Å². The molecule has 2 aromatic rings. The van der Waals surface area contributed by atoms with Gasteiger partial charge in [0.1, 0.15) is 0 Å². The standard InChI is InChI=1S/C21H24N2O5S3/c1-14-4-9-17(12-18(14)31(26,27)23(2)3)22-19(24)13-28-20(25)15-5-7-16(8-6-15)21-29-10-11-30-21/h4-9,12,21H,10-11,13H2,1-3H3,(H,22,24). The zero-order valence-electron chi connectivity index (χ0n) is 17.5. The largest absolute Gasteiger partial charge is 0.452 e. The normalized spacial score (nSPS) is 14.6. The van der Waals surface area contributed by atoms with Crippen molar-refractivity contribution in [3.8, 4) is 0 Å². The first-order chi connectivity index (χ1) is 14.7. The number of amides is 1. The fourth-order valence-electron chi connectivity index (χ4n) is 2.89. The molecular formula is C21H24N2O5S3. The van der Waals surface area contributed by atoms with Crippen molar-refractivity contribution in [1.29, 1.82) is 0 Å². The number of anilines is 1. The molecule has 31 heavy (non-hydrogen) atoms. The van der Waals surface area contributed by atoms with Gasteiger partial charge >= 0.3 is 5.97 Å². The van der Waals surface area contributed by atoms with Gasteiger partial charge in [0.25, 0.3) is 5.91 Å². The summed E-state index contributed by atoms with van der Waals surface area (Å²) in [5.74, 6) is 1.10. The molecule has 0 aromatic heterocycles. The summed E-state index contributed by atoms with van der Waals surface area (Å²) < 4.78 is 31.4. The first-order valence-corrected chi connectivity index (χ1v) is 13.1. The lowest BCUT2D eigenvalue weighted by Crippen LogP contribution is -2.24. The molecule has 7 nitrogen and oxygen atoms in total. The molecule has 0 spiro atoms. The van der Waals surface area contributed by atoms with E-state index >= 15 is 0 Å². The van der Waals surface area contributed by atoms with Gasteiger partial charge in [-0.25, -0.2) is 17.5 Å². The van der Waals surface area contributed by atoms with Gasteiger partial charge in [0.05, 0.1) is 15.0 Å². The third kappa shape index (κ3) is 5.82. The minimum absolute atomic E-state index is 0.103. The monoisotopic (exact) mass is 480 g/mol. The van der Waals surface area contributed by atoms with Crippen molar-refractivity contribution in [1.82, 2.24) is 4.31 Å². The van der Waals surface area contributed by atoms with Crippen LogP contribution in [0.4, 0.5) is 5.69 Å². The second kappa shape index (κ2) is 10.1. The average molecular weight is 481 g/mol. The number of hydrogen-bond donors (Lipinski definition) is 1. The molecule has 0 aliphatic carbocycles. The third-order valence-corrected chi connectivity index (χ3v) is 9.67. The Balaban J connectivity index is 1.58. The number of ether oxygens (including phenoxy) is 1. The molecule has 1 aliphatic rings. The number of hydrogen-bond acceptors (Lipinski definition) is 7. The predicted octanol–water partition coefficient (Wildman–Crippen LogP) is 3.52. The molecule has 1 fully saturated rings. The molecule has 0 saturated carbocycles. The Morgan fingerprint density at radius 2 is 1.74 bits per heavy atom. The number of aryl methyl sites for hydroxylation is 1. The highest BCUT2D eigenvalue weighted by molar-refractivity contribution is 8.19. The Kier molecular flexibility index (Phi) is 7.68. The Bertz CT molecular complexity index is 1060. The maximum absolute atomic E-state index is 12.4. The zero-order chi connectivity index (χ0) is 22.6. The van der Waals surface area contributed by atoms with Crippen LogP contribution in [0.5, 0.6) is 0 Å². The van der Waals surface area contributed by atoms with E-state index in [-0.39, 0.29) is 4.90 Å². The summed E-state index contributed by atoms with van der Waals surface area (Å²) in [6.07, 6.45) is 0. The quantitative estimate of drug-likeness (QED) is 0.606. The molecule has 3 rings (SSSR count). The number of sulfonamides is 1. The molecule has 10 heteroatoms. The summed E-state index contributed by atoms with van der Waals surface area (Å²) in [6, 6.07) is 11.8.